The molecule has 5 nitrogen and oxygen atoms in total. The predicted octanol–water partition coefficient (Wildman–Crippen LogP) is 4.65. The SMILES string of the molecule is O=C(CCCn1c(=O)c2cccn2c2ccc(F)cc21)N1CCC(Cc2ccccc2)CC1. The van der Waals surface area contributed by atoms with Crippen molar-refractivity contribution in [1.82, 2.24) is 13.9 Å². The summed E-state index contributed by atoms with van der Waals surface area (Å²) in [6, 6.07) is 18.6. The molecule has 4 aromatic rings. The molecular formula is C27H28FN3O2. The molecule has 2 aromatic carbocycles. The van der Waals surface area contributed by atoms with Crippen molar-refractivity contribution >= 4 is 22.5 Å². The van der Waals surface area contributed by atoms with E-state index in [1.807, 2.05) is 23.2 Å². The molecule has 33 heavy (non-hydrogen) atoms. The van der Waals surface area contributed by atoms with E-state index in [0.717, 1.165) is 37.9 Å². The van der Waals surface area contributed by atoms with E-state index < -0.39 is 0 Å². The quantitative estimate of drug-likeness (QED) is 0.434. The fourth-order valence-electron chi connectivity index (χ4n) is 5.03. The first-order valence-electron chi connectivity index (χ1n) is 11.7. The van der Waals surface area contributed by atoms with Gasteiger partial charge in [0.1, 0.15) is 11.3 Å². The van der Waals surface area contributed by atoms with Gasteiger partial charge in [0.25, 0.3) is 5.56 Å². The Morgan fingerprint density at radius 1 is 0.939 bits per heavy atom. The number of hydrogen-bond donors (Lipinski definition) is 0. The normalized spacial score (nSPS) is 14.9. The number of benzene rings is 2. The molecule has 0 aliphatic carbocycles. The number of likely N-dealkylation sites (tertiary alicyclic amines) is 1. The fourth-order valence-corrected chi connectivity index (χ4v) is 5.03. The maximum absolute atomic E-state index is 14.0. The molecule has 1 fully saturated rings. The second-order valence-electron chi connectivity index (χ2n) is 8.97. The smallest absolute Gasteiger partial charge is 0.275 e. The summed E-state index contributed by atoms with van der Waals surface area (Å²) in [6.07, 6.45) is 5.86. The Labute approximate surface area is 192 Å². The number of carbonyl (C=O) groups excluding carboxylic acids is 1. The number of amides is 1. The maximum Gasteiger partial charge on any atom is 0.275 e. The van der Waals surface area contributed by atoms with Crippen molar-refractivity contribution in [2.75, 3.05) is 13.1 Å². The standard InChI is InChI=1S/C27H28FN3O2/c28-22-10-11-23-25(19-22)31(27(33)24-8-4-14-30(23)24)15-5-9-26(32)29-16-12-21(13-17-29)18-20-6-2-1-3-7-20/h1-4,6-8,10-11,14,19,21H,5,9,12-13,15-18H2. The monoisotopic (exact) mass is 445 g/mol. The highest BCUT2D eigenvalue weighted by atomic mass is 19.1. The van der Waals surface area contributed by atoms with Gasteiger partial charge in [0.15, 0.2) is 0 Å². The molecule has 0 unspecified atom stereocenters. The van der Waals surface area contributed by atoms with Gasteiger partial charge in [0.2, 0.25) is 5.91 Å². The number of fused-ring (bicyclic) bond motifs is 3. The summed E-state index contributed by atoms with van der Waals surface area (Å²) < 4.78 is 17.3. The molecular weight excluding hydrogens is 417 g/mol. The summed E-state index contributed by atoms with van der Waals surface area (Å²) in [4.78, 5) is 27.8. The first kappa shape index (κ1) is 21.4. The van der Waals surface area contributed by atoms with Gasteiger partial charge in [-0.1, -0.05) is 30.3 Å². The van der Waals surface area contributed by atoms with Gasteiger partial charge in [-0.25, -0.2) is 4.39 Å². The third-order valence-electron chi connectivity index (χ3n) is 6.81. The van der Waals surface area contributed by atoms with E-state index in [9.17, 15) is 14.0 Å². The number of aryl methyl sites for hydroxylation is 1. The summed E-state index contributed by atoms with van der Waals surface area (Å²) in [5, 5.41) is 0. The van der Waals surface area contributed by atoms with E-state index in [1.165, 1.54) is 17.7 Å². The van der Waals surface area contributed by atoms with Crippen molar-refractivity contribution in [2.24, 2.45) is 5.92 Å². The number of rotatable bonds is 6. The fraction of sp³-hybridized carbons (Fsp3) is 0.333. The van der Waals surface area contributed by atoms with Crippen molar-refractivity contribution in [1.29, 1.82) is 0 Å². The molecule has 1 saturated heterocycles. The molecule has 2 aromatic heterocycles. The number of carbonyl (C=O) groups is 1. The van der Waals surface area contributed by atoms with E-state index in [4.69, 9.17) is 0 Å². The molecule has 5 rings (SSSR count). The summed E-state index contributed by atoms with van der Waals surface area (Å²) in [6.45, 7) is 1.97. The van der Waals surface area contributed by atoms with Gasteiger partial charge in [0.05, 0.1) is 11.0 Å². The topological polar surface area (TPSA) is 46.7 Å². The lowest BCUT2D eigenvalue weighted by Crippen LogP contribution is -2.39. The van der Waals surface area contributed by atoms with Gasteiger partial charge in [-0.05, 0) is 67.5 Å². The Hall–Kier alpha value is -3.41. The van der Waals surface area contributed by atoms with Crippen LogP contribution in [0.25, 0.3) is 16.6 Å². The summed E-state index contributed by atoms with van der Waals surface area (Å²) in [7, 11) is 0. The van der Waals surface area contributed by atoms with E-state index in [2.05, 4.69) is 24.3 Å². The molecule has 0 bridgehead atoms. The van der Waals surface area contributed by atoms with Gasteiger partial charge in [-0.3, -0.25) is 9.59 Å². The molecule has 1 aliphatic rings. The highest BCUT2D eigenvalue weighted by Crippen LogP contribution is 2.23. The lowest BCUT2D eigenvalue weighted by atomic mass is 9.90. The largest absolute Gasteiger partial charge is 0.343 e. The predicted molar refractivity (Wildman–Crippen MR) is 128 cm³/mol. The van der Waals surface area contributed by atoms with Crippen molar-refractivity contribution < 1.29 is 9.18 Å². The number of piperidine rings is 1. The lowest BCUT2D eigenvalue weighted by molar-refractivity contribution is -0.132. The number of halogens is 1. The minimum atomic E-state index is -0.378. The van der Waals surface area contributed by atoms with Crippen LogP contribution in [0.2, 0.25) is 0 Å². The molecule has 6 heteroatoms. The zero-order valence-electron chi connectivity index (χ0n) is 18.6. The second kappa shape index (κ2) is 9.22. The minimum absolute atomic E-state index is 0.139. The van der Waals surface area contributed by atoms with Gasteiger partial charge in [0, 0.05) is 32.3 Å². The van der Waals surface area contributed by atoms with Crippen LogP contribution in [0.15, 0.2) is 71.7 Å². The highest BCUT2D eigenvalue weighted by molar-refractivity contribution is 5.79. The Kier molecular flexibility index (Phi) is 5.99. The molecule has 0 saturated carbocycles. The molecule has 3 heterocycles. The van der Waals surface area contributed by atoms with Crippen LogP contribution in [0.3, 0.4) is 0 Å². The lowest BCUT2D eigenvalue weighted by Gasteiger charge is -2.32. The molecule has 1 aliphatic heterocycles. The molecule has 0 N–H and O–H groups in total. The molecule has 0 atom stereocenters. The summed E-state index contributed by atoms with van der Waals surface area (Å²) in [5.41, 5.74) is 3.09. The van der Waals surface area contributed by atoms with Crippen LogP contribution >= 0.6 is 0 Å². The van der Waals surface area contributed by atoms with E-state index in [-0.39, 0.29) is 17.3 Å². The van der Waals surface area contributed by atoms with E-state index in [0.29, 0.717) is 36.3 Å². The first-order chi connectivity index (χ1) is 16.1. The minimum Gasteiger partial charge on any atom is -0.343 e. The van der Waals surface area contributed by atoms with Crippen molar-refractivity contribution in [3.8, 4) is 0 Å². The maximum atomic E-state index is 14.0. The Bertz CT molecular complexity index is 1330. The Balaban J connectivity index is 1.21. The molecule has 0 spiro atoms. The average molecular weight is 446 g/mol. The van der Waals surface area contributed by atoms with Gasteiger partial charge >= 0.3 is 0 Å². The van der Waals surface area contributed by atoms with E-state index in [1.54, 1.807) is 21.1 Å². The van der Waals surface area contributed by atoms with Crippen LogP contribution in [0.1, 0.15) is 31.2 Å². The molecule has 1 amide bonds. The van der Waals surface area contributed by atoms with E-state index >= 15 is 0 Å². The molecule has 170 valence electrons. The second-order valence-corrected chi connectivity index (χ2v) is 8.97. The van der Waals surface area contributed by atoms with Crippen LogP contribution in [-0.2, 0) is 17.8 Å². The van der Waals surface area contributed by atoms with Gasteiger partial charge < -0.3 is 13.9 Å². The van der Waals surface area contributed by atoms with Gasteiger partial charge in [-0.2, -0.15) is 0 Å². The zero-order valence-corrected chi connectivity index (χ0v) is 18.6. The summed E-state index contributed by atoms with van der Waals surface area (Å²) >= 11 is 0. The van der Waals surface area contributed by atoms with Gasteiger partial charge in [-0.15, -0.1) is 0 Å². The van der Waals surface area contributed by atoms with Crippen LogP contribution in [0.5, 0.6) is 0 Å². The number of nitrogens with zero attached hydrogens (tertiary/aromatic N) is 3. The first-order valence-corrected chi connectivity index (χ1v) is 11.7. The Morgan fingerprint density at radius 3 is 2.52 bits per heavy atom. The zero-order chi connectivity index (χ0) is 22.8. The Morgan fingerprint density at radius 2 is 1.73 bits per heavy atom. The van der Waals surface area contributed by atoms with Crippen molar-refractivity contribution in [3.63, 3.8) is 0 Å². The molecule has 0 radical (unpaired) electrons. The number of hydrogen-bond acceptors (Lipinski definition) is 2. The van der Waals surface area contributed by atoms with Crippen molar-refractivity contribution in [2.45, 2.75) is 38.6 Å². The number of aromatic nitrogens is 2. The van der Waals surface area contributed by atoms with Crippen LogP contribution in [0, 0.1) is 11.7 Å². The van der Waals surface area contributed by atoms with Crippen LogP contribution in [0.4, 0.5) is 4.39 Å². The van der Waals surface area contributed by atoms with Crippen molar-refractivity contribution in [3.05, 3.63) is 88.6 Å². The summed E-state index contributed by atoms with van der Waals surface area (Å²) in [5.74, 6) is 0.377. The highest BCUT2D eigenvalue weighted by Gasteiger charge is 2.23. The third kappa shape index (κ3) is 4.42. The van der Waals surface area contributed by atoms with Crippen LogP contribution < -0.4 is 5.56 Å². The van der Waals surface area contributed by atoms with Crippen LogP contribution in [-0.4, -0.2) is 32.9 Å². The third-order valence-corrected chi connectivity index (χ3v) is 6.81. The average Bonchev–Trinajstić information content (AvgIpc) is 3.32.